The molecule has 1 heterocycles. The molecule has 1 saturated carbocycles. The Kier molecular flexibility index (Phi) is 18.6. The maximum absolute atomic E-state index is 14.6. The Morgan fingerprint density at radius 1 is 0.868 bits per heavy atom. The molecule has 4 aromatic carbocycles. The number of allylic oxidation sites excluding steroid dienone is 1. The lowest BCUT2D eigenvalue weighted by Gasteiger charge is -2.59. The van der Waals surface area contributed by atoms with Crippen molar-refractivity contribution in [3.8, 4) is 11.5 Å². The number of rotatable bonds is 25. The van der Waals surface area contributed by atoms with Gasteiger partial charge in [-0.2, -0.15) is 0 Å². The van der Waals surface area contributed by atoms with E-state index in [1.807, 2.05) is 110 Å². The molecule has 0 aromatic heterocycles. The third kappa shape index (κ3) is 12.6. The number of benzene rings is 4. The van der Waals surface area contributed by atoms with E-state index in [9.17, 15) is 19.8 Å². The Labute approximate surface area is 400 Å². The predicted octanol–water partition coefficient (Wildman–Crippen LogP) is 9.87. The Hall–Kier alpha value is -5.99. The maximum atomic E-state index is 14.6. The molecule has 3 aliphatic rings. The fourth-order valence-corrected chi connectivity index (χ4v) is 10.0. The summed E-state index contributed by atoms with van der Waals surface area (Å²) < 4.78 is 32.3. The van der Waals surface area contributed by atoms with Crippen LogP contribution in [0.4, 0.5) is 9.59 Å². The highest BCUT2D eigenvalue weighted by Gasteiger charge is 2.65. The van der Waals surface area contributed by atoms with Gasteiger partial charge in [-0.3, -0.25) is 4.90 Å². The molecule has 1 fully saturated rings. The molecular formula is C55H67N3O10. The number of amides is 2. The number of unbranched alkanes of at least 4 members (excludes halogenated alkanes) is 2. The minimum Gasteiger partial charge on any atom is -0.459 e. The molecule has 0 spiro atoms. The van der Waals surface area contributed by atoms with Gasteiger partial charge in [0.05, 0.1) is 31.5 Å². The van der Waals surface area contributed by atoms with Gasteiger partial charge < -0.3 is 44.1 Å². The van der Waals surface area contributed by atoms with E-state index in [0.717, 1.165) is 53.5 Å². The Morgan fingerprint density at radius 3 is 2.22 bits per heavy atom. The number of oxime groups is 1. The number of carbonyl (C=O) groups excluding carboxylic acids is 2. The van der Waals surface area contributed by atoms with E-state index in [0.29, 0.717) is 56.2 Å². The van der Waals surface area contributed by atoms with Crippen molar-refractivity contribution in [2.75, 3.05) is 39.6 Å². The van der Waals surface area contributed by atoms with E-state index in [2.05, 4.69) is 18.0 Å². The molecule has 0 unspecified atom stereocenters. The number of aliphatic hydroxyl groups is 2. The van der Waals surface area contributed by atoms with Gasteiger partial charge >= 0.3 is 12.2 Å². The van der Waals surface area contributed by atoms with Crippen LogP contribution in [0.15, 0.2) is 139 Å². The summed E-state index contributed by atoms with van der Waals surface area (Å²) in [7, 11) is 0. The third-order valence-corrected chi connectivity index (χ3v) is 13.0. The van der Waals surface area contributed by atoms with Crippen molar-refractivity contribution in [3.63, 3.8) is 0 Å². The largest absolute Gasteiger partial charge is 0.459 e. The molecule has 68 heavy (non-hydrogen) atoms. The predicted molar refractivity (Wildman–Crippen MR) is 260 cm³/mol. The first-order valence-electron chi connectivity index (χ1n) is 24.2. The molecular weight excluding hydrogens is 863 g/mol. The topological polar surface area (TPSA) is 158 Å². The highest BCUT2D eigenvalue weighted by atomic mass is 16.7. The van der Waals surface area contributed by atoms with Crippen LogP contribution >= 0.6 is 0 Å². The number of ether oxygens (including phenoxy) is 5. The van der Waals surface area contributed by atoms with Crippen molar-refractivity contribution < 1.29 is 48.3 Å². The first-order chi connectivity index (χ1) is 33.4. The Balaban J connectivity index is 1.32. The van der Waals surface area contributed by atoms with Crippen LogP contribution < -0.4 is 14.8 Å². The van der Waals surface area contributed by atoms with Crippen molar-refractivity contribution in [2.45, 2.75) is 95.8 Å². The van der Waals surface area contributed by atoms with Crippen LogP contribution in [0.3, 0.4) is 0 Å². The zero-order valence-electron chi connectivity index (χ0n) is 39.2. The summed E-state index contributed by atoms with van der Waals surface area (Å²) in [6.45, 7) is 7.77. The van der Waals surface area contributed by atoms with Gasteiger partial charge in [0.2, 0.25) is 5.79 Å². The van der Waals surface area contributed by atoms with E-state index in [-0.39, 0.29) is 63.8 Å². The molecule has 13 heteroatoms. The molecule has 13 nitrogen and oxygen atoms in total. The average molecular weight is 930 g/mol. The normalized spacial score (nSPS) is 21.9. The van der Waals surface area contributed by atoms with Gasteiger partial charge in [0, 0.05) is 44.2 Å². The average Bonchev–Trinajstić information content (AvgIpc) is 3.36. The van der Waals surface area contributed by atoms with Crippen molar-refractivity contribution >= 4 is 17.9 Å². The highest BCUT2D eigenvalue weighted by Crippen LogP contribution is 2.62. The molecule has 7 rings (SSSR count). The number of nitrogens with zero attached hydrogens (tertiary/aromatic N) is 2. The summed E-state index contributed by atoms with van der Waals surface area (Å²) in [5, 5.41) is 27.8. The Bertz CT molecular complexity index is 2280. The van der Waals surface area contributed by atoms with Crippen LogP contribution in [0, 0.1) is 17.8 Å². The lowest BCUT2D eigenvalue weighted by molar-refractivity contribution is -0.255. The monoisotopic (exact) mass is 929 g/mol. The molecule has 3 N–H and O–H groups in total. The first-order valence-corrected chi connectivity index (χ1v) is 24.2. The van der Waals surface area contributed by atoms with Gasteiger partial charge in [0.25, 0.3) is 0 Å². The highest BCUT2D eigenvalue weighted by molar-refractivity contribution is 6.03. The van der Waals surface area contributed by atoms with Crippen LogP contribution in [0.25, 0.3) is 0 Å². The smallest absolute Gasteiger partial charge is 0.412 e. The van der Waals surface area contributed by atoms with Gasteiger partial charge in [0.1, 0.15) is 30.8 Å². The van der Waals surface area contributed by atoms with Gasteiger partial charge in [0.15, 0.2) is 0 Å². The van der Waals surface area contributed by atoms with Crippen molar-refractivity contribution in [1.82, 2.24) is 10.2 Å². The molecule has 0 radical (unpaired) electrons. The van der Waals surface area contributed by atoms with Crippen LogP contribution in [0.5, 0.6) is 11.5 Å². The number of aliphatic hydroxyl groups excluding tert-OH is 2. The number of hydrogen-bond donors (Lipinski definition) is 3. The minimum absolute atomic E-state index is 0.0155. The number of nitrogens with one attached hydrogen (secondary N) is 1. The second kappa shape index (κ2) is 25.4. The standard InChI is InChI=1S/C55H67N3O10/c1-3-28-58(54(62)64-33-32-63-38-41-20-10-6-11-21-41)50-36-48(57-66-39-42-22-12-7-13-23-42)46-34-43(24-14-16-29-59)45(25-15-17-30-60)51-47-35-44(67-53(61)56-37-40-18-8-5-9-19-40)26-27-49(47)68-55(50,52(46)51)65-31-4-2/h4-13,18-23,26-27,34-35,43,45,50-52,59-60H,2-3,14-17,24-25,28-33,36-39H2,1H3,(H,56,61)/t43-,45+,50-,51+,52+,55+/m0/s1. The van der Waals surface area contributed by atoms with Gasteiger partial charge in [-0.25, -0.2) is 9.59 Å². The lowest BCUT2D eigenvalue weighted by atomic mass is 9.55. The summed E-state index contributed by atoms with van der Waals surface area (Å²) in [5.41, 5.74) is 5.31. The van der Waals surface area contributed by atoms with Gasteiger partial charge in [-0.1, -0.05) is 128 Å². The molecule has 2 amide bonds. The summed E-state index contributed by atoms with van der Waals surface area (Å²) in [6, 6.07) is 34.0. The van der Waals surface area contributed by atoms with E-state index in [4.69, 9.17) is 33.7 Å². The molecule has 362 valence electrons. The molecule has 6 atom stereocenters. The molecule has 1 aliphatic heterocycles. The molecule has 0 bridgehead atoms. The summed E-state index contributed by atoms with van der Waals surface area (Å²) >= 11 is 0. The van der Waals surface area contributed by atoms with Crippen LogP contribution in [0.2, 0.25) is 0 Å². The second-order valence-electron chi connectivity index (χ2n) is 17.6. The summed E-state index contributed by atoms with van der Waals surface area (Å²) in [5.74, 6) is -1.47. The minimum atomic E-state index is -1.48. The Morgan fingerprint density at radius 2 is 1.54 bits per heavy atom. The molecule has 4 aromatic rings. The number of hydrogen-bond acceptors (Lipinski definition) is 11. The fraction of sp³-hybridized carbons (Fsp3) is 0.436. The van der Waals surface area contributed by atoms with E-state index >= 15 is 0 Å². The van der Waals surface area contributed by atoms with Crippen molar-refractivity contribution in [1.29, 1.82) is 0 Å². The van der Waals surface area contributed by atoms with Crippen LogP contribution in [-0.2, 0) is 38.8 Å². The zero-order chi connectivity index (χ0) is 47.6. The molecule has 0 saturated heterocycles. The number of carbonyl (C=O) groups is 2. The van der Waals surface area contributed by atoms with E-state index < -0.39 is 29.9 Å². The zero-order valence-corrected chi connectivity index (χ0v) is 39.2. The first kappa shape index (κ1) is 49.9. The SMILES string of the molecule is C=CCO[C@@]12Oc3ccc(OC(=O)NCc4ccccc4)cc3[C@H]3[C@H](CCCCO)[C@@H](CCCCO)C=C(C(=NOCc4ccccc4)C[C@@H]1N(CCC)C(=O)OCCOCc1ccccc1)[C@H]32. The lowest BCUT2D eigenvalue weighted by Crippen LogP contribution is -2.70. The van der Waals surface area contributed by atoms with Crippen molar-refractivity contribution in [2.24, 2.45) is 22.9 Å². The molecule has 2 aliphatic carbocycles. The fourth-order valence-electron chi connectivity index (χ4n) is 10.0. The van der Waals surface area contributed by atoms with Crippen LogP contribution in [0.1, 0.15) is 86.5 Å². The quantitative estimate of drug-likeness (QED) is 0.0332. The summed E-state index contributed by atoms with van der Waals surface area (Å²) in [4.78, 5) is 35.9. The maximum Gasteiger partial charge on any atom is 0.412 e. The van der Waals surface area contributed by atoms with E-state index in [1.165, 1.54) is 0 Å². The van der Waals surface area contributed by atoms with Gasteiger partial charge in [-0.15, -0.1) is 6.58 Å². The van der Waals surface area contributed by atoms with Gasteiger partial charge in [-0.05, 0) is 84.4 Å². The third-order valence-electron chi connectivity index (χ3n) is 13.0. The van der Waals surface area contributed by atoms with Crippen LogP contribution in [-0.4, -0.2) is 84.4 Å². The second-order valence-corrected chi connectivity index (χ2v) is 17.6. The summed E-state index contributed by atoms with van der Waals surface area (Å²) in [6.07, 6.45) is 8.03. The number of fused-ring (bicyclic) bond motifs is 2. The van der Waals surface area contributed by atoms with Crippen molar-refractivity contribution in [3.05, 3.63) is 156 Å². The van der Waals surface area contributed by atoms with E-state index in [1.54, 1.807) is 17.0 Å².